The van der Waals surface area contributed by atoms with Gasteiger partial charge in [-0.05, 0) is 75.1 Å². The zero-order chi connectivity index (χ0) is 24.4. The lowest BCUT2D eigenvalue weighted by Crippen LogP contribution is -2.32. The van der Waals surface area contributed by atoms with Gasteiger partial charge in [-0.1, -0.05) is 54.1 Å². The maximum atomic E-state index is 13.6. The third-order valence-electron chi connectivity index (χ3n) is 6.01. The average molecular weight is 455 g/mol. The van der Waals surface area contributed by atoms with Crippen molar-refractivity contribution in [1.82, 2.24) is 4.90 Å². The number of amides is 2. The zero-order valence-corrected chi connectivity index (χ0v) is 20.3. The van der Waals surface area contributed by atoms with Gasteiger partial charge in [-0.2, -0.15) is 0 Å². The molecule has 1 heterocycles. The molecule has 1 aliphatic rings. The second-order valence-corrected chi connectivity index (χ2v) is 9.00. The van der Waals surface area contributed by atoms with Gasteiger partial charge in [-0.15, -0.1) is 0 Å². The van der Waals surface area contributed by atoms with Crippen LogP contribution >= 0.6 is 0 Å². The van der Waals surface area contributed by atoms with Gasteiger partial charge in [0.2, 0.25) is 0 Å². The topological polar surface area (TPSA) is 58.6 Å². The summed E-state index contributed by atoms with van der Waals surface area (Å²) in [5.74, 6) is 0.0802. The summed E-state index contributed by atoms with van der Waals surface area (Å²) in [5, 5.41) is 3.29. The molecule has 0 radical (unpaired) electrons. The summed E-state index contributed by atoms with van der Waals surface area (Å²) in [6.45, 7) is 10.2. The maximum absolute atomic E-state index is 13.6. The minimum Gasteiger partial charge on any atom is -0.491 e. The van der Waals surface area contributed by atoms with Crippen molar-refractivity contribution in [2.24, 2.45) is 0 Å². The molecule has 4 rings (SSSR count). The lowest BCUT2D eigenvalue weighted by molar-refractivity contribution is -0.137. The summed E-state index contributed by atoms with van der Waals surface area (Å²) in [4.78, 5) is 28.4. The number of benzene rings is 3. The van der Waals surface area contributed by atoms with Gasteiger partial charge in [0.1, 0.15) is 11.4 Å². The minimum atomic E-state index is -0.330. The molecule has 1 N–H and O–H groups in total. The van der Waals surface area contributed by atoms with Gasteiger partial charge in [0.05, 0.1) is 18.2 Å². The van der Waals surface area contributed by atoms with E-state index in [1.165, 1.54) is 4.90 Å². The van der Waals surface area contributed by atoms with Crippen molar-refractivity contribution < 1.29 is 14.3 Å². The molecule has 5 nitrogen and oxygen atoms in total. The van der Waals surface area contributed by atoms with E-state index in [2.05, 4.69) is 5.32 Å². The third kappa shape index (κ3) is 4.74. The van der Waals surface area contributed by atoms with Crippen LogP contribution in [-0.2, 0) is 16.1 Å². The summed E-state index contributed by atoms with van der Waals surface area (Å²) < 4.78 is 5.75. The molecule has 0 saturated heterocycles. The normalized spacial score (nSPS) is 13.8. The van der Waals surface area contributed by atoms with E-state index in [-0.39, 0.29) is 24.5 Å². The first-order valence-electron chi connectivity index (χ1n) is 11.5. The standard InChI is InChI=1S/C29H30N2O3/c1-18(2)34-24-15-13-23(14-16-24)26-27(30-25-8-6-7-20(4)21(25)5)29(33)31(28(26)32)17-22-11-9-19(3)10-12-22/h6-16,18,30H,17H2,1-5H3. The second-order valence-electron chi connectivity index (χ2n) is 9.00. The molecule has 5 heteroatoms. The van der Waals surface area contributed by atoms with Crippen molar-refractivity contribution in [3.8, 4) is 5.75 Å². The smallest absolute Gasteiger partial charge is 0.278 e. The van der Waals surface area contributed by atoms with Crippen molar-refractivity contribution >= 4 is 23.1 Å². The van der Waals surface area contributed by atoms with E-state index in [1.54, 1.807) is 0 Å². The lowest BCUT2D eigenvalue weighted by Gasteiger charge is -2.16. The molecule has 0 aliphatic carbocycles. The number of aryl methyl sites for hydroxylation is 2. The number of ether oxygens (including phenoxy) is 1. The second kappa shape index (κ2) is 9.56. The predicted octanol–water partition coefficient (Wildman–Crippen LogP) is 5.79. The van der Waals surface area contributed by atoms with E-state index in [9.17, 15) is 9.59 Å². The molecule has 1 aliphatic heterocycles. The first kappa shape index (κ1) is 23.3. The number of carbonyl (C=O) groups excluding carboxylic acids is 2. The van der Waals surface area contributed by atoms with Crippen LogP contribution in [-0.4, -0.2) is 22.8 Å². The SMILES string of the molecule is Cc1ccc(CN2C(=O)C(Nc3cccc(C)c3C)=C(c3ccc(OC(C)C)cc3)C2=O)cc1. The van der Waals surface area contributed by atoms with E-state index in [0.29, 0.717) is 16.8 Å². The van der Waals surface area contributed by atoms with Crippen LogP contribution in [0.25, 0.3) is 5.57 Å². The fraction of sp³-hybridized carbons (Fsp3) is 0.241. The Hall–Kier alpha value is -3.86. The molecule has 0 spiro atoms. The van der Waals surface area contributed by atoms with Crippen LogP contribution < -0.4 is 10.1 Å². The highest BCUT2D eigenvalue weighted by Gasteiger charge is 2.39. The average Bonchev–Trinajstić information content (AvgIpc) is 3.03. The molecule has 0 atom stereocenters. The molecule has 174 valence electrons. The molecule has 0 aromatic heterocycles. The first-order chi connectivity index (χ1) is 16.2. The quantitative estimate of drug-likeness (QED) is 0.459. The Bertz CT molecular complexity index is 1260. The number of hydrogen-bond acceptors (Lipinski definition) is 4. The van der Waals surface area contributed by atoms with Crippen molar-refractivity contribution in [2.45, 2.75) is 47.3 Å². The van der Waals surface area contributed by atoms with Gasteiger partial charge >= 0.3 is 0 Å². The molecular formula is C29H30N2O3. The summed E-state index contributed by atoms with van der Waals surface area (Å²) >= 11 is 0. The van der Waals surface area contributed by atoms with Gasteiger partial charge in [-0.25, -0.2) is 0 Å². The van der Waals surface area contributed by atoms with E-state index >= 15 is 0 Å². The summed E-state index contributed by atoms with van der Waals surface area (Å²) in [6, 6.07) is 21.1. The van der Waals surface area contributed by atoms with Gasteiger partial charge < -0.3 is 10.1 Å². The van der Waals surface area contributed by atoms with Crippen LogP contribution in [0.15, 0.2) is 72.4 Å². The Morgan fingerprint density at radius 2 is 1.53 bits per heavy atom. The number of anilines is 1. The molecule has 2 amide bonds. The van der Waals surface area contributed by atoms with Crippen LogP contribution in [0.3, 0.4) is 0 Å². The highest BCUT2D eigenvalue weighted by Crippen LogP contribution is 2.33. The minimum absolute atomic E-state index is 0.0475. The predicted molar refractivity (Wildman–Crippen MR) is 135 cm³/mol. The van der Waals surface area contributed by atoms with Gasteiger partial charge in [0.15, 0.2) is 0 Å². The Labute approximate surface area is 201 Å². The number of nitrogens with zero attached hydrogens (tertiary/aromatic N) is 1. The zero-order valence-electron chi connectivity index (χ0n) is 20.3. The Balaban J connectivity index is 1.74. The number of carbonyl (C=O) groups is 2. The van der Waals surface area contributed by atoms with E-state index in [1.807, 2.05) is 101 Å². The molecule has 34 heavy (non-hydrogen) atoms. The highest BCUT2D eigenvalue weighted by molar-refractivity contribution is 6.36. The van der Waals surface area contributed by atoms with E-state index in [0.717, 1.165) is 33.7 Å². The fourth-order valence-corrected chi connectivity index (χ4v) is 3.97. The van der Waals surface area contributed by atoms with Crippen molar-refractivity contribution in [1.29, 1.82) is 0 Å². The fourth-order valence-electron chi connectivity index (χ4n) is 3.97. The van der Waals surface area contributed by atoms with Gasteiger partial charge in [-0.3, -0.25) is 14.5 Å². The number of imide groups is 1. The molecule has 3 aromatic carbocycles. The molecule has 3 aromatic rings. The van der Waals surface area contributed by atoms with Crippen molar-refractivity contribution in [2.75, 3.05) is 5.32 Å². The first-order valence-corrected chi connectivity index (χ1v) is 11.5. The summed E-state index contributed by atoms with van der Waals surface area (Å²) in [7, 11) is 0. The summed E-state index contributed by atoms with van der Waals surface area (Å²) in [6.07, 6.45) is 0.0475. The van der Waals surface area contributed by atoms with E-state index in [4.69, 9.17) is 4.74 Å². The maximum Gasteiger partial charge on any atom is 0.278 e. The molecular weight excluding hydrogens is 424 g/mol. The monoisotopic (exact) mass is 454 g/mol. The summed E-state index contributed by atoms with van der Waals surface area (Å²) in [5.41, 5.74) is 6.32. The molecule has 0 saturated carbocycles. The highest BCUT2D eigenvalue weighted by atomic mass is 16.5. The van der Waals surface area contributed by atoms with Crippen LogP contribution in [0.1, 0.15) is 41.7 Å². The molecule has 0 unspecified atom stereocenters. The van der Waals surface area contributed by atoms with E-state index < -0.39 is 0 Å². The van der Waals surface area contributed by atoms with Crippen LogP contribution in [0.2, 0.25) is 0 Å². The van der Waals surface area contributed by atoms with Gasteiger partial charge in [0.25, 0.3) is 11.8 Å². The number of nitrogens with one attached hydrogen (secondary N) is 1. The Morgan fingerprint density at radius 1 is 0.853 bits per heavy atom. The third-order valence-corrected chi connectivity index (χ3v) is 6.01. The molecule has 0 bridgehead atoms. The largest absolute Gasteiger partial charge is 0.491 e. The van der Waals surface area contributed by atoms with Crippen molar-refractivity contribution in [3.63, 3.8) is 0 Å². The number of rotatable bonds is 7. The number of hydrogen-bond donors (Lipinski definition) is 1. The molecule has 0 fully saturated rings. The Morgan fingerprint density at radius 3 is 2.18 bits per heavy atom. The lowest BCUT2D eigenvalue weighted by atomic mass is 10.0. The Kier molecular flexibility index (Phi) is 6.55. The van der Waals surface area contributed by atoms with Crippen LogP contribution in [0.4, 0.5) is 5.69 Å². The van der Waals surface area contributed by atoms with Crippen LogP contribution in [0, 0.1) is 20.8 Å². The van der Waals surface area contributed by atoms with Gasteiger partial charge in [0, 0.05) is 5.69 Å². The van der Waals surface area contributed by atoms with Crippen molar-refractivity contribution in [3.05, 3.63) is 100 Å². The van der Waals surface area contributed by atoms with Crippen LogP contribution in [0.5, 0.6) is 5.75 Å².